The second-order valence-electron chi connectivity index (χ2n) is 7.03. The maximum atomic E-state index is 12.3. The van der Waals surface area contributed by atoms with Gasteiger partial charge in [0.05, 0.1) is 6.04 Å². The Bertz CT molecular complexity index is 354. The normalized spacial score (nSPS) is 34.0. The third kappa shape index (κ3) is 3.76. The monoisotopic (exact) mass is 294 g/mol. The Labute approximate surface area is 128 Å². The van der Waals surface area contributed by atoms with Crippen LogP contribution in [0.15, 0.2) is 0 Å². The minimum absolute atomic E-state index is 0.0844. The summed E-state index contributed by atoms with van der Waals surface area (Å²) in [6, 6.07) is 0.0844. The number of rotatable bonds is 5. The second-order valence-corrected chi connectivity index (χ2v) is 7.03. The molecule has 5 heteroatoms. The molecule has 5 nitrogen and oxygen atoms in total. The molecule has 21 heavy (non-hydrogen) atoms. The number of nitrogens with zero attached hydrogens (tertiary/aromatic N) is 2. The number of carbonyl (C=O) groups is 1. The Kier molecular flexibility index (Phi) is 5.14. The van der Waals surface area contributed by atoms with Gasteiger partial charge in [-0.1, -0.05) is 6.42 Å². The lowest BCUT2D eigenvalue weighted by Gasteiger charge is -2.32. The predicted octanol–water partition coefficient (Wildman–Crippen LogP) is 0.128. The zero-order valence-corrected chi connectivity index (χ0v) is 13.3. The number of carbonyl (C=O) groups excluding carboxylic acids is 1. The summed E-state index contributed by atoms with van der Waals surface area (Å²) in [4.78, 5) is 17.2. The van der Waals surface area contributed by atoms with Crippen molar-refractivity contribution >= 4 is 5.91 Å². The molecule has 2 N–H and O–H groups in total. The van der Waals surface area contributed by atoms with E-state index >= 15 is 0 Å². The maximum Gasteiger partial charge on any atom is 0.237 e. The molecule has 120 valence electrons. The smallest absolute Gasteiger partial charge is 0.237 e. The molecule has 3 fully saturated rings. The second kappa shape index (κ2) is 7.07. The molecule has 0 bridgehead atoms. The van der Waals surface area contributed by atoms with Crippen LogP contribution in [0.2, 0.25) is 0 Å². The van der Waals surface area contributed by atoms with Gasteiger partial charge in [0.25, 0.3) is 0 Å². The highest BCUT2D eigenvalue weighted by atomic mass is 16.2. The summed E-state index contributed by atoms with van der Waals surface area (Å²) >= 11 is 0. The molecule has 2 aliphatic heterocycles. The first kappa shape index (κ1) is 15.3. The van der Waals surface area contributed by atoms with Gasteiger partial charge in [0.1, 0.15) is 0 Å². The van der Waals surface area contributed by atoms with Crippen LogP contribution in [0.1, 0.15) is 25.7 Å². The summed E-state index contributed by atoms with van der Waals surface area (Å²) in [7, 11) is 2.18. The Morgan fingerprint density at radius 1 is 1.24 bits per heavy atom. The van der Waals surface area contributed by atoms with Crippen molar-refractivity contribution in [2.75, 3.05) is 52.9 Å². The molecule has 1 amide bonds. The van der Waals surface area contributed by atoms with E-state index in [1.807, 2.05) is 0 Å². The minimum Gasteiger partial charge on any atom is -0.355 e. The Hall–Kier alpha value is -0.650. The van der Waals surface area contributed by atoms with Gasteiger partial charge in [0, 0.05) is 32.7 Å². The fourth-order valence-electron chi connectivity index (χ4n) is 4.17. The highest BCUT2D eigenvalue weighted by Gasteiger charge is 2.42. The van der Waals surface area contributed by atoms with E-state index in [1.165, 1.54) is 45.4 Å². The molecule has 2 heterocycles. The summed E-state index contributed by atoms with van der Waals surface area (Å²) in [6.45, 7) is 7.64. The van der Waals surface area contributed by atoms with Crippen molar-refractivity contribution in [2.24, 2.45) is 11.8 Å². The number of nitrogens with one attached hydrogen (secondary N) is 2. The number of amides is 1. The van der Waals surface area contributed by atoms with Crippen LogP contribution in [0.5, 0.6) is 0 Å². The molecule has 0 aromatic rings. The summed E-state index contributed by atoms with van der Waals surface area (Å²) in [5.41, 5.74) is 0. The number of hydrogen-bond acceptors (Lipinski definition) is 4. The zero-order valence-electron chi connectivity index (χ0n) is 13.3. The highest BCUT2D eigenvalue weighted by Crippen LogP contribution is 2.37. The van der Waals surface area contributed by atoms with Crippen LogP contribution in [0.25, 0.3) is 0 Å². The lowest BCUT2D eigenvalue weighted by Crippen LogP contribution is -2.46. The molecular weight excluding hydrogens is 264 g/mol. The molecule has 0 radical (unpaired) electrons. The zero-order chi connectivity index (χ0) is 14.7. The topological polar surface area (TPSA) is 47.6 Å². The molecule has 0 spiro atoms. The minimum atomic E-state index is 0.0844. The van der Waals surface area contributed by atoms with E-state index in [4.69, 9.17) is 0 Å². The van der Waals surface area contributed by atoms with Gasteiger partial charge in [-0.15, -0.1) is 0 Å². The van der Waals surface area contributed by atoms with Crippen molar-refractivity contribution in [1.82, 2.24) is 20.4 Å². The Balaban J connectivity index is 1.31. The van der Waals surface area contributed by atoms with Crippen molar-refractivity contribution in [3.63, 3.8) is 0 Å². The van der Waals surface area contributed by atoms with Crippen LogP contribution in [0, 0.1) is 11.8 Å². The lowest BCUT2D eigenvalue weighted by atomic mass is 9.93. The van der Waals surface area contributed by atoms with Crippen molar-refractivity contribution < 1.29 is 4.79 Å². The van der Waals surface area contributed by atoms with E-state index in [0.29, 0.717) is 5.92 Å². The molecule has 3 rings (SSSR count). The van der Waals surface area contributed by atoms with Crippen molar-refractivity contribution in [2.45, 2.75) is 31.7 Å². The van der Waals surface area contributed by atoms with E-state index < -0.39 is 0 Å². The van der Waals surface area contributed by atoms with E-state index in [-0.39, 0.29) is 11.9 Å². The van der Waals surface area contributed by atoms with Crippen LogP contribution in [0.4, 0.5) is 0 Å². The van der Waals surface area contributed by atoms with Gasteiger partial charge in [0.15, 0.2) is 0 Å². The number of likely N-dealkylation sites (N-methyl/N-ethyl adjacent to an activating group) is 1. The molecule has 3 unspecified atom stereocenters. The fourth-order valence-corrected chi connectivity index (χ4v) is 4.17. The quantitative estimate of drug-likeness (QED) is 0.708. The largest absolute Gasteiger partial charge is 0.355 e. The van der Waals surface area contributed by atoms with Gasteiger partial charge in [-0.2, -0.15) is 0 Å². The van der Waals surface area contributed by atoms with E-state index in [9.17, 15) is 4.79 Å². The summed E-state index contributed by atoms with van der Waals surface area (Å²) < 4.78 is 0. The van der Waals surface area contributed by atoms with Crippen molar-refractivity contribution in [1.29, 1.82) is 0 Å². The lowest BCUT2D eigenvalue weighted by molar-refractivity contribution is -0.123. The van der Waals surface area contributed by atoms with Crippen LogP contribution >= 0.6 is 0 Å². The predicted molar refractivity (Wildman–Crippen MR) is 84.2 cm³/mol. The standard InChI is InChI=1S/C16H30N4O/c1-19-8-10-20(11-9-19)7-3-6-17-16(21)15-14-5-2-4-13(14)12-18-15/h13-15,18H,2-12H2,1H3,(H,17,21). The van der Waals surface area contributed by atoms with Crippen molar-refractivity contribution in [3.05, 3.63) is 0 Å². The molecule has 0 aromatic carbocycles. The fraction of sp³-hybridized carbons (Fsp3) is 0.938. The Morgan fingerprint density at radius 2 is 2.05 bits per heavy atom. The summed E-state index contributed by atoms with van der Waals surface area (Å²) in [5, 5.41) is 6.57. The number of fused-ring (bicyclic) bond motifs is 1. The van der Waals surface area contributed by atoms with E-state index in [1.54, 1.807) is 0 Å². The highest BCUT2D eigenvalue weighted by molar-refractivity contribution is 5.82. The van der Waals surface area contributed by atoms with Gasteiger partial charge in [0.2, 0.25) is 5.91 Å². The molecule has 3 aliphatic rings. The van der Waals surface area contributed by atoms with Gasteiger partial charge < -0.3 is 20.4 Å². The summed E-state index contributed by atoms with van der Waals surface area (Å²) in [5.74, 6) is 1.59. The van der Waals surface area contributed by atoms with Gasteiger partial charge >= 0.3 is 0 Å². The van der Waals surface area contributed by atoms with Crippen LogP contribution < -0.4 is 10.6 Å². The van der Waals surface area contributed by atoms with Crippen LogP contribution in [-0.2, 0) is 4.79 Å². The SMILES string of the molecule is CN1CCN(CCCNC(=O)C2NCC3CCCC32)CC1. The summed E-state index contributed by atoms with van der Waals surface area (Å²) in [6.07, 6.45) is 4.92. The van der Waals surface area contributed by atoms with Gasteiger partial charge in [-0.3, -0.25) is 4.79 Å². The molecule has 0 aromatic heterocycles. The first-order valence-electron chi connectivity index (χ1n) is 8.66. The van der Waals surface area contributed by atoms with Crippen LogP contribution in [-0.4, -0.2) is 74.6 Å². The molecule has 1 aliphatic carbocycles. The molecular formula is C16H30N4O. The van der Waals surface area contributed by atoms with E-state index in [2.05, 4.69) is 27.5 Å². The first-order valence-corrected chi connectivity index (χ1v) is 8.66. The molecule has 2 saturated heterocycles. The average molecular weight is 294 g/mol. The maximum absolute atomic E-state index is 12.3. The average Bonchev–Trinajstić information content (AvgIpc) is 3.08. The molecule has 3 atom stereocenters. The third-order valence-electron chi connectivity index (χ3n) is 5.57. The Morgan fingerprint density at radius 3 is 2.86 bits per heavy atom. The molecule has 1 saturated carbocycles. The first-order chi connectivity index (χ1) is 10.2. The van der Waals surface area contributed by atoms with Gasteiger partial charge in [-0.25, -0.2) is 0 Å². The van der Waals surface area contributed by atoms with Crippen molar-refractivity contribution in [3.8, 4) is 0 Å². The number of piperazine rings is 1. The van der Waals surface area contributed by atoms with Crippen LogP contribution in [0.3, 0.4) is 0 Å². The third-order valence-corrected chi connectivity index (χ3v) is 5.57. The van der Waals surface area contributed by atoms with Gasteiger partial charge in [-0.05, 0) is 51.2 Å². The van der Waals surface area contributed by atoms with E-state index in [0.717, 1.165) is 32.0 Å². The number of hydrogen-bond donors (Lipinski definition) is 2.